The number of nitrogen functional groups attached to an aromatic ring is 1. The second-order valence-corrected chi connectivity index (χ2v) is 5.49. The fraction of sp³-hybridized carbons (Fsp3) is 0.188. The molecule has 0 atom stereocenters. The van der Waals surface area contributed by atoms with Gasteiger partial charge >= 0.3 is 0 Å². The number of halogens is 1. The molecule has 0 fully saturated rings. The maximum absolute atomic E-state index is 6.24. The third-order valence-electron chi connectivity index (χ3n) is 3.69. The third-order valence-corrected chi connectivity index (χ3v) is 3.91. The first kappa shape index (κ1) is 13.8. The molecular weight excluding hydrogens is 286 g/mol. The minimum atomic E-state index is 0.550. The molecule has 0 radical (unpaired) electrons. The number of imidazole rings is 1. The highest BCUT2D eigenvalue weighted by Gasteiger charge is 2.16. The molecule has 0 spiro atoms. The molecule has 0 saturated heterocycles. The van der Waals surface area contributed by atoms with Crippen LogP contribution in [0.1, 0.15) is 11.1 Å². The molecule has 0 saturated carbocycles. The van der Waals surface area contributed by atoms with Crippen molar-refractivity contribution in [2.24, 2.45) is 0 Å². The van der Waals surface area contributed by atoms with Gasteiger partial charge in [-0.1, -0.05) is 11.6 Å². The Morgan fingerprint density at radius 1 is 1.19 bits per heavy atom. The van der Waals surface area contributed by atoms with Gasteiger partial charge in [0.25, 0.3) is 0 Å². The first-order valence-corrected chi connectivity index (χ1v) is 6.97. The Morgan fingerprint density at radius 3 is 2.62 bits per heavy atom. The molecule has 108 valence electrons. The van der Waals surface area contributed by atoms with Crippen molar-refractivity contribution >= 4 is 23.1 Å². The Labute approximate surface area is 128 Å². The normalized spacial score (nSPS) is 11.0. The van der Waals surface area contributed by atoms with Gasteiger partial charge in [0, 0.05) is 11.8 Å². The van der Waals surface area contributed by atoms with Gasteiger partial charge in [0.2, 0.25) is 0 Å². The number of hydrogen-bond donors (Lipinski definition) is 1. The third kappa shape index (κ3) is 2.21. The van der Waals surface area contributed by atoms with E-state index in [2.05, 4.69) is 18.8 Å². The second kappa shape index (κ2) is 4.97. The number of aryl methyl sites for hydroxylation is 2. The van der Waals surface area contributed by atoms with Gasteiger partial charge in [-0.15, -0.1) is 0 Å². The summed E-state index contributed by atoms with van der Waals surface area (Å²) in [5.41, 5.74) is 10.9. The van der Waals surface area contributed by atoms with Crippen LogP contribution in [0.5, 0.6) is 5.75 Å². The van der Waals surface area contributed by atoms with Crippen molar-refractivity contribution in [3.05, 3.63) is 46.6 Å². The zero-order chi connectivity index (χ0) is 15.1. The molecule has 3 aromatic rings. The molecule has 0 aliphatic heterocycles. The molecule has 5 heteroatoms. The minimum absolute atomic E-state index is 0.550. The summed E-state index contributed by atoms with van der Waals surface area (Å²) in [6, 6.07) is 7.69. The average Bonchev–Trinajstić information content (AvgIpc) is 2.78. The summed E-state index contributed by atoms with van der Waals surface area (Å²) in [4.78, 5) is 4.60. The first-order chi connectivity index (χ1) is 10.0. The van der Waals surface area contributed by atoms with E-state index in [1.165, 1.54) is 11.1 Å². The van der Waals surface area contributed by atoms with Crippen LogP contribution in [0.2, 0.25) is 5.02 Å². The summed E-state index contributed by atoms with van der Waals surface area (Å²) in [6.45, 7) is 4.11. The number of anilines is 1. The number of ether oxygens (including phenoxy) is 1. The van der Waals surface area contributed by atoms with E-state index in [4.69, 9.17) is 22.1 Å². The number of nitrogens with two attached hydrogens (primary N) is 1. The zero-order valence-electron chi connectivity index (χ0n) is 12.1. The van der Waals surface area contributed by atoms with Crippen LogP contribution < -0.4 is 10.5 Å². The smallest absolute Gasteiger partial charge is 0.139 e. The Hall–Kier alpha value is -2.20. The molecule has 1 aromatic carbocycles. The largest absolute Gasteiger partial charge is 0.496 e. The van der Waals surface area contributed by atoms with E-state index in [0.29, 0.717) is 16.5 Å². The summed E-state index contributed by atoms with van der Waals surface area (Å²) in [5.74, 6) is 1.31. The molecule has 21 heavy (non-hydrogen) atoms. The van der Waals surface area contributed by atoms with Crippen molar-refractivity contribution in [3.63, 3.8) is 0 Å². The molecule has 0 bridgehead atoms. The van der Waals surface area contributed by atoms with Crippen molar-refractivity contribution in [1.82, 2.24) is 9.38 Å². The number of rotatable bonds is 2. The molecule has 2 N–H and O–H groups in total. The number of pyridine rings is 1. The Morgan fingerprint density at radius 2 is 1.90 bits per heavy atom. The number of nitrogens with zero attached hydrogens (tertiary/aromatic N) is 2. The van der Waals surface area contributed by atoms with Crippen LogP contribution in [0.3, 0.4) is 0 Å². The van der Waals surface area contributed by atoms with E-state index in [1.54, 1.807) is 23.8 Å². The Balaban J connectivity index is 2.30. The summed E-state index contributed by atoms with van der Waals surface area (Å²) < 4.78 is 7.26. The van der Waals surface area contributed by atoms with Crippen LogP contribution >= 0.6 is 11.6 Å². The van der Waals surface area contributed by atoms with Crippen LogP contribution in [0.25, 0.3) is 16.9 Å². The van der Waals surface area contributed by atoms with Crippen LogP contribution in [-0.2, 0) is 0 Å². The quantitative estimate of drug-likeness (QED) is 0.782. The number of fused-ring (bicyclic) bond motifs is 1. The van der Waals surface area contributed by atoms with Crippen LogP contribution in [0.4, 0.5) is 5.82 Å². The van der Waals surface area contributed by atoms with E-state index < -0.39 is 0 Å². The van der Waals surface area contributed by atoms with E-state index in [9.17, 15) is 0 Å². The molecule has 3 rings (SSSR count). The Kier molecular flexibility index (Phi) is 3.26. The van der Waals surface area contributed by atoms with Gasteiger partial charge < -0.3 is 10.5 Å². The molecule has 2 heterocycles. The van der Waals surface area contributed by atoms with Crippen molar-refractivity contribution in [2.75, 3.05) is 12.8 Å². The van der Waals surface area contributed by atoms with E-state index in [0.717, 1.165) is 17.0 Å². The van der Waals surface area contributed by atoms with Gasteiger partial charge in [-0.05, 0) is 49.2 Å². The Bertz CT molecular complexity index is 839. The molecule has 0 aliphatic rings. The lowest BCUT2D eigenvalue weighted by molar-refractivity contribution is 0.416. The fourth-order valence-electron chi connectivity index (χ4n) is 2.38. The van der Waals surface area contributed by atoms with Crippen molar-refractivity contribution in [1.29, 1.82) is 0 Å². The molecule has 0 aliphatic carbocycles. The van der Waals surface area contributed by atoms with E-state index in [-0.39, 0.29) is 0 Å². The molecule has 2 aromatic heterocycles. The lowest BCUT2D eigenvalue weighted by Gasteiger charge is -2.10. The van der Waals surface area contributed by atoms with E-state index in [1.807, 2.05) is 18.2 Å². The van der Waals surface area contributed by atoms with Crippen LogP contribution in [-0.4, -0.2) is 16.5 Å². The molecule has 0 unspecified atom stereocenters. The highest BCUT2D eigenvalue weighted by molar-refractivity contribution is 6.30. The second-order valence-electron chi connectivity index (χ2n) is 5.06. The van der Waals surface area contributed by atoms with Gasteiger partial charge in [0.15, 0.2) is 0 Å². The van der Waals surface area contributed by atoms with Gasteiger partial charge in [-0.25, -0.2) is 4.98 Å². The maximum Gasteiger partial charge on any atom is 0.139 e. The number of aromatic nitrogens is 2. The van der Waals surface area contributed by atoms with Crippen LogP contribution in [0, 0.1) is 13.8 Å². The highest BCUT2D eigenvalue weighted by atomic mass is 35.5. The monoisotopic (exact) mass is 301 g/mol. The molecular formula is C16H16ClN3O. The minimum Gasteiger partial charge on any atom is -0.496 e. The summed E-state index contributed by atoms with van der Waals surface area (Å²) in [7, 11) is 1.65. The summed E-state index contributed by atoms with van der Waals surface area (Å²) >= 11 is 6.02. The first-order valence-electron chi connectivity index (χ1n) is 6.60. The average molecular weight is 302 g/mol. The van der Waals surface area contributed by atoms with Crippen molar-refractivity contribution in [2.45, 2.75) is 13.8 Å². The fourth-order valence-corrected chi connectivity index (χ4v) is 2.54. The maximum atomic E-state index is 6.24. The van der Waals surface area contributed by atoms with Gasteiger partial charge in [0.1, 0.15) is 22.9 Å². The van der Waals surface area contributed by atoms with Gasteiger partial charge in [0.05, 0.1) is 12.1 Å². The van der Waals surface area contributed by atoms with E-state index >= 15 is 0 Å². The lowest BCUT2D eigenvalue weighted by atomic mass is 10.0. The predicted molar refractivity (Wildman–Crippen MR) is 86.1 cm³/mol. The van der Waals surface area contributed by atoms with Gasteiger partial charge in [-0.3, -0.25) is 4.40 Å². The number of methoxy groups -OCH3 is 1. The van der Waals surface area contributed by atoms with Crippen LogP contribution in [0.15, 0.2) is 30.5 Å². The lowest BCUT2D eigenvalue weighted by Crippen LogP contribution is -1.96. The predicted octanol–water partition coefficient (Wildman–Crippen LogP) is 3.86. The standard InChI is InChI=1S/C16H16ClN3O/c1-9-6-12(13(21-3)7-10(9)2)15-16(18)20-8-11(17)4-5-14(20)19-15/h4-8H,18H2,1-3H3. The van der Waals surface area contributed by atoms with Crippen molar-refractivity contribution in [3.8, 4) is 17.0 Å². The highest BCUT2D eigenvalue weighted by Crippen LogP contribution is 2.36. The summed E-state index contributed by atoms with van der Waals surface area (Å²) in [5, 5.41) is 0.616. The SMILES string of the molecule is COc1cc(C)c(C)cc1-c1nc2ccc(Cl)cn2c1N. The zero-order valence-corrected chi connectivity index (χ0v) is 12.9. The molecule has 4 nitrogen and oxygen atoms in total. The topological polar surface area (TPSA) is 52.5 Å². The number of benzene rings is 1. The van der Waals surface area contributed by atoms with Crippen molar-refractivity contribution < 1.29 is 4.74 Å². The summed E-state index contributed by atoms with van der Waals surface area (Å²) in [6.07, 6.45) is 1.76. The number of hydrogen-bond acceptors (Lipinski definition) is 3. The molecule has 0 amide bonds. The van der Waals surface area contributed by atoms with Gasteiger partial charge in [-0.2, -0.15) is 0 Å².